The van der Waals surface area contributed by atoms with Gasteiger partial charge in [-0.05, 0) is 29.3 Å². The van der Waals surface area contributed by atoms with Gasteiger partial charge in [0.15, 0.2) is 0 Å². The maximum Gasteiger partial charge on any atom is 0.328 e. The average Bonchev–Trinajstić information content (AvgIpc) is 2.91. The van der Waals surface area contributed by atoms with E-state index in [4.69, 9.17) is 4.74 Å². The molecular formula is C18H17NO4. The van der Waals surface area contributed by atoms with E-state index in [0.717, 1.165) is 11.1 Å². The van der Waals surface area contributed by atoms with E-state index in [2.05, 4.69) is 0 Å². The summed E-state index contributed by atoms with van der Waals surface area (Å²) in [7, 11) is 1.32. The molecule has 0 radical (unpaired) electrons. The lowest BCUT2D eigenvalue weighted by atomic mass is 10.0. The van der Waals surface area contributed by atoms with Crippen molar-refractivity contribution in [1.29, 1.82) is 0 Å². The van der Waals surface area contributed by atoms with E-state index < -0.39 is 12.0 Å². The van der Waals surface area contributed by atoms with E-state index in [1.54, 1.807) is 35.2 Å². The zero-order chi connectivity index (χ0) is 16.4. The van der Waals surface area contributed by atoms with Gasteiger partial charge in [-0.2, -0.15) is 0 Å². The number of carbonyl (C=O) groups excluding carboxylic acids is 2. The lowest BCUT2D eigenvalue weighted by molar-refractivity contribution is -0.146. The molecule has 0 saturated carbocycles. The number of phenols is 1. The summed E-state index contributed by atoms with van der Waals surface area (Å²) in [6.07, 6.45) is 0.340. The first-order chi connectivity index (χ1) is 11.1. The van der Waals surface area contributed by atoms with Gasteiger partial charge < -0.3 is 14.7 Å². The van der Waals surface area contributed by atoms with Crippen LogP contribution in [0, 0.1) is 0 Å². The van der Waals surface area contributed by atoms with Gasteiger partial charge in [-0.1, -0.05) is 30.3 Å². The average molecular weight is 311 g/mol. The lowest BCUT2D eigenvalue weighted by Crippen LogP contribution is -2.43. The molecule has 1 amide bonds. The lowest BCUT2D eigenvalue weighted by Gasteiger charge is -2.25. The predicted molar refractivity (Wildman–Crippen MR) is 83.9 cm³/mol. The topological polar surface area (TPSA) is 66.8 Å². The minimum absolute atomic E-state index is 0.158. The van der Waals surface area contributed by atoms with E-state index in [1.807, 2.05) is 18.2 Å². The molecule has 5 heteroatoms. The summed E-state index contributed by atoms with van der Waals surface area (Å²) >= 11 is 0. The number of aromatic hydroxyl groups is 1. The molecule has 0 bridgehead atoms. The van der Waals surface area contributed by atoms with E-state index in [0.29, 0.717) is 18.5 Å². The zero-order valence-electron chi connectivity index (χ0n) is 12.7. The number of hydrogen-bond acceptors (Lipinski definition) is 4. The molecule has 0 spiro atoms. The molecule has 0 aliphatic carbocycles. The van der Waals surface area contributed by atoms with Gasteiger partial charge in [0.25, 0.3) is 5.91 Å². The Balaban J connectivity index is 1.87. The van der Waals surface area contributed by atoms with Crippen LogP contribution in [0.4, 0.5) is 0 Å². The molecule has 118 valence electrons. The molecule has 0 unspecified atom stereocenters. The minimum Gasteiger partial charge on any atom is -0.508 e. The van der Waals surface area contributed by atoms with Crippen LogP contribution in [0.15, 0.2) is 48.5 Å². The molecule has 2 aromatic carbocycles. The van der Waals surface area contributed by atoms with E-state index in [-0.39, 0.29) is 11.7 Å². The Morgan fingerprint density at radius 2 is 1.91 bits per heavy atom. The van der Waals surface area contributed by atoms with Crippen LogP contribution in [-0.2, 0) is 22.5 Å². The second-order valence-corrected chi connectivity index (χ2v) is 5.50. The molecule has 0 aromatic heterocycles. The maximum atomic E-state index is 12.6. The molecule has 1 heterocycles. The highest BCUT2D eigenvalue weighted by Gasteiger charge is 2.36. The Morgan fingerprint density at radius 3 is 2.57 bits per heavy atom. The number of carbonyl (C=O) groups is 2. The summed E-state index contributed by atoms with van der Waals surface area (Å²) < 4.78 is 4.89. The minimum atomic E-state index is -0.690. The van der Waals surface area contributed by atoms with Crippen molar-refractivity contribution in [3.05, 3.63) is 65.2 Å². The molecule has 5 nitrogen and oxygen atoms in total. The Labute approximate surface area is 134 Å². The Bertz CT molecular complexity index is 739. The molecule has 1 N–H and O–H groups in total. The number of ether oxygens (including phenoxy) is 1. The van der Waals surface area contributed by atoms with Gasteiger partial charge >= 0.3 is 5.97 Å². The number of benzene rings is 2. The normalized spacial score (nSPS) is 14.5. The fourth-order valence-electron chi connectivity index (χ4n) is 2.84. The molecule has 0 fully saturated rings. The molecular weight excluding hydrogens is 294 g/mol. The van der Waals surface area contributed by atoms with Crippen molar-refractivity contribution in [1.82, 2.24) is 4.90 Å². The van der Waals surface area contributed by atoms with Gasteiger partial charge in [-0.3, -0.25) is 4.79 Å². The van der Waals surface area contributed by atoms with Crippen molar-refractivity contribution in [2.45, 2.75) is 19.0 Å². The summed E-state index contributed by atoms with van der Waals surface area (Å²) in [5.41, 5.74) is 2.39. The first-order valence-electron chi connectivity index (χ1n) is 7.35. The van der Waals surface area contributed by atoms with Crippen LogP contribution < -0.4 is 0 Å². The number of rotatable bonds is 4. The van der Waals surface area contributed by atoms with Crippen LogP contribution in [0.5, 0.6) is 5.75 Å². The summed E-state index contributed by atoms with van der Waals surface area (Å²) in [5.74, 6) is -0.443. The van der Waals surface area contributed by atoms with Gasteiger partial charge in [0.2, 0.25) is 0 Å². The van der Waals surface area contributed by atoms with Crippen molar-refractivity contribution >= 4 is 11.9 Å². The summed E-state index contributed by atoms with van der Waals surface area (Å²) in [5, 5.41) is 9.36. The number of phenolic OH excluding ortho intramolecular Hbond substituents is 1. The Hall–Kier alpha value is -2.82. The smallest absolute Gasteiger partial charge is 0.328 e. The Kier molecular flexibility index (Phi) is 4.02. The predicted octanol–water partition coefficient (Wildman–Crippen LogP) is 2.13. The molecule has 1 aliphatic rings. The highest BCUT2D eigenvalue weighted by atomic mass is 16.5. The maximum absolute atomic E-state index is 12.6. The fourth-order valence-corrected chi connectivity index (χ4v) is 2.84. The van der Waals surface area contributed by atoms with Crippen molar-refractivity contribution in [3.8, 4) is 5.75 Å². The van der Waals surface area contributed by atoms with Crippen molar-refractivity contribution in [2.24, 2.45) is 0 Å². The zero-order valence-corrected chi connectivity index (χ0v) is 12.7. The van der Waals surface area contributed by atoms with Crippen LogP contribution in [0.3, 0.4) is 0 Å². The van der Waals surface area contributed by atoms with Crippen molar-refractivity contribution in [3.63, 3.8) is 0 Å². The largest absolute Gasteiger partial charge is 0.508 e. The van der Waals surface area contributed by atoms with E-state index in [1.165, 1.54) is 7.11 Å². The number of hydrogen-bond donors (Lipinski definition) is 1. The van der Waals surface area contributed by atoms with E-state index >= 15 is 0 Å². The second-order valence-electron chi connectivity index (χ2n) is 5.50. The van der Waals surface area contributed by atoms with Crippen LogP contribution >= 0.6 is 0 Å². The standard InChI is InChI=1S/C18H17NO4/c1-23-18(22)16(10-12-6-8-14(20)9-7-12)19-11-13-4-2-3-5-15(13)17(19)21/h2-9,16,20H,10-11H2,1H3/t16-/m0/s1. The van der Waals surface area contributed by atoms with Crippen LogP contribution in [0.2, 0.25) is 0 Å². The SMILES string of the molecule is COC(=O)[C@H](Cc1ccc(O)cc1)N1Cc2ccccc2C1=O. The highest BCUT2D eigenvalue weighted by molar-refractivity contribution is 6.00. The number of fused-ring (bicyclic) bond motifs is 1. The first-order valence-corrected chi connectivity index (χ1v) is 7.35. The molecule has 1 aliphatic heterocycles. The number of nitrogens with zero attached hydrogens (tertiary/aromatic N) is 1. The van der Waals surface area contributed by atoms with Crippen LogP contribution in [-0.4, -0.2) is 35.0 Å². The third-order valence-corrected chi connectivity index (χ3v) is 4.06. The molecule has 0 saturated heterocycles. The van der Waals surface area contributed by atoms with Crippen LogP contribution in [0.1, 0.15) is 21.5 Å². The van der Waals surface area contributed by atoms with Crippen molar-refractivity contribution in [2.75, 3.05) is 7.11 Å². The summed E-state index contributed by atoms with van der Waals surface area (Å²) in [6.45, 7) is 0.396. The van der Waals surface area contributed by atoms with Gasteiger partial charge in [-0.25, -0.2) is 4.79 Å². The monoisotopic (exact) mass is 311 g/mol. The van der Waals surface area contributed by atoms with Gasteiger partial charge in [-0.15, -0.1) is 0 Å². The first kappa shape index (κ1) is 15.1. The number of methoxy groups -OCH3 is 1. The van der Waals surface area contributed by atoms with Gasteiger partial charge in [0, 0.05) is 18.5 Å². The van der Waals surface area contributed by atoms with Gasteiger partial charge in [0.05, 0.1) is 7.11 Å². The number of amides is 1. The Morgan fingerprint density at radius 1 is 1.22 bits per heavy atom. The molecule has 3 rings (SSSR count). The van der Waals surface area contributed by atoms with Crippen molar-refractivity contribution < 1.29 is 19.4 Å². The quantitative estimate of drug-likeness (QED) is 0.879. The summed E-state index contributed by atoms with van der Waals surface area (Å²) in [6, 6.07) is 13.3. The van der Waals surface area contributed by atoms with Crippen LogP contribution in [0.25, 0.3) is 0 Å². The summed E-state index contributed by atoms with van der Waals surface area (Å²) in [4.78, 5) is 26.3. The molecule has 1 atom stereocenters. The fraction of sp³-hybridized carbons (Fsp3) is 0.222. The van der Waals surface area contributed by atoms with Gasteiger partial charge in [0.1, 0.15) is 11.8 Å². The number of esters is 1. The second kappa shape index (κ2) is 6.12. The molecule has 2 aromatic rings. The highest BCUT2D eigenvalue weighted by Crippen LogP contribution is 2.26. The third kappa shape index (κ3) is 2.90. The van der Waals surface area contributed by atoms with E-state index in [9.17, 15) is 14.7 Å². The molecule has 23 heavy (non-hydrogen) atoms. The third-order valence-electron chi connectivity index (χ3n) is 4.06.